The van der Waals surface area contributed by atoms with Crippen LogP contribution >= 0.6 is 22.9 Å². The van der Waals surface area contributed by atoms with E-state index in [1.165, 1.54) is 11.3 Å². The molecule has 6 heteroatoms. The van der Waals surface area contributed by atoms with E-state index in [-0.39, 0.29) is 5.91 Å². The zero-order chi connectivity index (χ0) is 19.7. The molecule has 4 aromatic rings. The highest BCUT2D eigenvalue weighted by Crippen LogP contribution is 2.32. The Morgan fingerprint density at radius 3 is 2.71 bits per heavy atom. The summed E-state index contributed by atoms with van der Waals surface area (Å²) in [4.78, 5) is 24.2. The molecule has 0 bridgehead atoms. The van der Waals surface area contributed by atoms with Crippen molar-refractivity contribution in [3.8, 4) is 0 Å². The number of nitrogens with zero attached hydrogens (tertiary/aromatic N) is 3. The van der Waals surface area contributed by atoms with Gasteiger partial charge in [-0.3, -0.25) is 14.7 Å². The number of anilines is 1. The van der Waals surface area contributed by atoms with E-state index in [1.54, 1.807) is 11.1 Å². The summed E-state index contributed by atoms with van der Waals surface area (Å²) >= 11 is 7.57. The lowest BCUT2D eigenvalue weighted by Gasteiger charge is -2.20. The molecule has 2 heterocycles. The van der Waals surface area contributed by atoms with Crippen molar-refractivity contribution < 1.29 is 4.79 Å². The Morgan fingerprint density at radius 2 is 1.96 bits per heavy atom. The molecule has 140 valence electrons. The number of fused-ring (bicyclic) bond motifs is 1. The van der Waals surface area contributed by atoms with Crippen LogP contribution in [0.5, 0.6) is 0 Å². The number of benzene rings is 2. The molecule has 2 aromatic carbocycles. The van der Waals surface area contributed by atoms with Crippen LogP contribution in [-0.4, -0.2) is 15.9 Å². The second kappa shape index (κ2) is 7.70. The van der Waals surface area contributed by atoms with Crippen LogP contribution in [0.25, 0.3) is 10.2 Å². The predicted octanol–water partition coefficient (Wildman–Crippen LogP) is 5.81. The van der Waals surface area contributed by atoms with Crippen LogP contribution in [0.15, 0.2) is 60.8 Å². The highest BCUT2D eigenvalue weighted by Gasteiger charge is 2.23. The van der Waals surface area contributed by atoms with Gasteiger partial charge < -0.3 is 0 Å². The maximum absolute atomic E-state index is 13.5. The molecule has 0 saturated heterocycles. The fraction of sp³-hybridized carbons (Fsp3) is 0.136. The Hall–Kier alpha value is -2.76. The highest BCUT2D eigenvalue weighted by atomic mass is 35.5. The summed E-state index contributed by atoms with van der Waals surface area (Å²) in [6.45, 7) is 4.32. The van der Waals surface area contributed by atoms with Crippen molar-refractivity contribution in [3.05, 3.63) is 88.2 Å². The average Bonchev–Trinajstić information content (AvgIpc) is 3.09. The minimum Gasteiger partial charge on any atom is -0.278 e. The molecule has 0 radical (unpaired) electrons. The second-order valence-corrected chi connectivity index (χ2v) is 8.08. The maximum atomic E-state index is 13.5. The third kappa shape index (κ3) is 3.77. The van der Waals surface area contributed by atoms with Crippen molar-refractivity contribution >= 4 is 44.2 Å². The average molecular weight is 408 g/mol. The van der Waals surface area contributed by atoms with E-state index in [0.29, 0.717) is 22.3 Å². The first-order valence-electron chi connectivity index (χ1n) is 8.86. The number of hydrogen-bond acceptors (Lipinski definition) is 4. The smallest absolute Gasteiger partial charge is 0.260 e. The summed E-state index contributed by atoms with van der Waals surface area (Å²) < 4.78 is 0.946. The Bertz CT molecular complexity index is 1160. The highest BCUT2D eigenvalue weighted by molar-refractivity contribution is 7.22. The van der Waals surface area contributed by atoms with Crippen LogP contribution in [0.1, 0.15) is 27.2 Å². The number of aryl methyl sites for hydroxylation is 2. The van der Waals surface area contributed by atoms with Crippen LogP contribution < -0.4 is 4.90 Å². The van der Waals surface area contributed by atoms with Gasteiger partial charge in [0.1, 0.15) is 0 Å². The van der Waals surface area contributed by atoms with Crippen LogP contribution in [-0.2, 0) is 6.54 Å². The van der Waals surface area contributed by atoms with Crippen molar-refractivity contribution in [1.82, 2.24) is 9.97 Å². The number of halogens is 1. The number of carbonyl (C=O) groups excluding carboxylic acids is 1. The van der Waals surface area contributed by atoms with E-state index < -0.39 is 0 Å². The van der Waals surface area contributed by atoms with Gasteiger partial charge in [-0.1, -0.05) is 46.7 Å². The van der Waals surface area contributed by atoms with Crippen LogP contribution in [0.2, 0.25) is 5.02 Å². The number of rotatable bonds is 4. The van der Waals surface area contributed by atoms with Crippen molar-refractivity contribution in [2.24, 2.45) is 0 Å². The van der Waals surface area contributed by atoms with E-state index in [9.17, 15) is 4.79 Å². The third-order valence-electron chi connectivity index (χ3n) is 4.47. The predicted molar refractivity (Wildman–Crippen MR) is 115 cm³/mol. The van der Waals surface area contributed by atoms with Crippen LogP contribution in [0.4, 0.5) is 5.13 Å². The lowest BCUT2D eigenvalue weighted by Crippen LogP contribution is -2.31. The number of pyridine rings is 1. The summed E-state index contributed by atoms with van der Waals surface area (Å²) in [5, 5.41) is 1.28. The Labute approximate surface area is 172 Å². The first kappa shape index (κ1) is 18.6. The summed E-state index contributed by atoms with van der Waals surface area (Å²) in [6, 6.07) is 17.1. The fourth-order valence-electron chi connectivity index (χ4n) is 3.08. The lowest BCUT2D eigenvalue weighted by molar-refractivity contribution is 0.0984. The van der Waals surface area contributed by atoms with Gasteiger partial charge in [0.25, 0.3) is 5.91 Å². The van der Waals surface area contributed by atoms with E-state index in [4.69, 9.17) is 11.6 Å². The molecular formula is C22H18ClN3OS. The minimum absolute atomic E-state index is 0.0895. The van der Waals surface area contributed by atoms with Crippen LogP contribution in [0, 0.1) is 13.8 Å². The fourth-order valence-corrected chi connectivity index (χ4v) is 4.32. The topological polar surface area (TPSA) is 46.1 Å². The Kier molecular flexibility index (Phi) is 5.11. The number of amides is 1. The summed E-state index contributed by atoms with van der Waals surface area (Å²) in [5.41, 5.74) is 4.36. The third-order valence-corrected chi connectivity index (χ3v) is 5.75. The van der Waals surface area contributed by atoms with Crippen LogP contribution in [0.3, 0.4) is 0 Å². The molecular weight excluding hydrogens is 390 g/mol. The van der Waals surface area contributed by atoms with Gasteiger partial charge in [0.15, 0.2) is 5.13 Å². The standard InChI is InChI=1S/C22H18ClN3OS/c1-14-6-8-18(15(2)11-14)21(27)26(13-17-5-3-4-10-24-17)22-25-19-9-7-16(23)12-20(19)28-22/h3-12H,13H2,1-2H3. The summed E-state index contributed by atoms with van der Waals surface area (Å²) in [7, 11) is 0. The van der Waals surface area contributed by atoms with Crippen molar-refractivity contribution in [2.45, 2.75) is 20.4 Å². The molecule has 1 amide bonds. The van der Waals surface area contributed by atoms with Gasteiger partial charge in [-0.15, -0.1) is 0 Å². The van der Waals surface area contributed by atoms with Gasteiger partial charge in [0.2, 0.25) is 0 Å². The lowest BCUT2D eigenvalue weighted by atomic mass is 10.0. The summed E-state index contributed by atoms with van der Waals surface area (Å²) in [5.74, 6) is -0.0895. The molecule has 2 aromatic heterocycles. The van der Waals surface area contributed by atoms with E-state index >= 15 is 0 Å². The molecule has 0 spiro atoms. The molecule has 0 N–H and O–H groups in total. The van der Waals surface area contributed by atoms with Gasteiger partial charge in [0.05, 0.1) is 22.5 Å². The van der Waals surface area contributed by atoms with Gasteiger partial charge in [-0.2, -0.15) is 0 Å². The molecule has 0 aliphatic carbocycles. The molecule has 4 rings (SSSR count). The SMILES string of the molecule is Cc1ccc(C(=O)N(Cc2ccccn2)c2nc3ccc(Cl)cc3s2)c(C)c1. The van der Waals surface area contributed by atoms with Gasteiger partial charge >= 0.3 is 0 Å². The number of thiazole rings is 1. The number of hydrogen-bond donors (Lipinski definition) is 0. The maximum Gasteiger partial charge on any atom is 0.260 e. The minimum atomic E-state index is -0.0895. The van der Waals surface area contributed by atoms with Crippen molar-refractivity contribution in [3.63, 3.8) is 0 Å². The van der Waals surface area contributed by atoms with Gasteiger partial charge in [-0.05, 0) is 55.8 Å². The molecule has 0 aliphatic heterocycles. The number of carbonyl (C=O) groups is 1. The molecule has 0 saturated carbocycles. The van der Waals surface area contributed by atoms with Crippen molar-refractivity contribution in [2.75, 3.05) is 4.90 Å². The molecule has 0 aliphatic rings. The van der Waals surface area contributed by atoms with E-state index in [0.717, 1.165) is 27.0 Å². The zero-order valence-electron chi connectivity index (χ0n) is 15.5. The zero-order valence-corrected chi connectivity index (χ0v) is 17.1. The first-order valence-corrected chi connectivity index (χ1v) is 10.1. The second-order valence-electron chi connectivity index (χ2n) is 6.64. The normalized spacial score (nSPS) is 11.0. The van der Waals surface area contributed by atoms with E-state index in [1.807, 2.05) is 68.4 Å². The Morgan fingerprint density at radius 1 is 1.11 bits per heavy atom. The van der Waals surface area contributed by atoms with E-state index in [2.05, 4.69) is 9.97 Å². The largest absolute Gasteiger partial charge is 0.278 e. The molecule has 0 atom stereocenters. The molecule has 28 heavy (non-hydrogen) atoms. The quantitative estimate of drug-likeness (QED) is 0.429. The summed E-state index contributed by atoms with van der Waals surface area (Å²) in [6.07, 6.45) is 1.73. The first-order chi connectivity index (χ1) is 13.5. The van der Waals surface area contributed by atoms with Gasteiger partial charge in [0, 0.05) is 16.8 Å². The molecule has 4 nitrogen and oxygen atoms in total. The van der Waals surface area contributed by atoms with Gasteiger partial charge in [-0.25, -0.2) is 4.98 Å². The van der Waals surface area contributed by atoms with Crippen molar-refractivity contribution in [1.29, 1.82) is 0 Å². The Balaban J connectivity index is 1.79. The molecule has 0 fully saturated rings. The number of aromatic nitrogens is 2. The monoisotopic (exact) mass is 407 g/mol. The molecule has 0 unspecified atom stereocenters.